The molecule has 1 heterocycles. The molecule has 148 valence electrons. The number of rotatable bonds is 9. The van der Waals surface area contributed by atoms with Crippen molar-refractivity contribution in [1.82, 2.24) is 10.2 Å². The number of nitrogens with zero attached hydrogens (tertiary/aromatic N) is 1. The van der Waals surface area contributed by atoms with Crippen LogP contribution in [0.5, 0.6) is 0 Å². The maximum Gasteiger partial charge on any atom is 0.221 e. The summed E-state index contributed by atoms with van der Waals surface area (Å²) in [6, 6.07) is 8.69. The zero-order valence-corrected chi connectivity index (χ0v) is 16.2. The second-order valence-electron chi connectivity index (χ2n) is 7.70. The van der Waals surface area contributed by atoms with E-state index in [1.165, 1.54) is 0 Å². The highest BCUT2D eigenvalue weighted by molar-refractivity contribution is 5.92. The van der Waals surface area contributed by atoms with Crippen molar-refractivity contribution in [3.63, 3.8) is 0 Å². The van der Waals surface area contributed by atoms with E-state index in [0.717, 1.165) is 12.1 Å². The number of nitrogens with one attached hydrogen (secondary N) is 1. The van der Waals surface area contributed by atoms with Gasteiger partial charge in [0.1, 0.15) is 12.6 Å². The number of hydrogen-bond acceptors (Lipinski definition) is 5. The molecular weight excluding hydrogens is 346 g/mol. The lowest BCUT2D eigenvalue weighted by Gasteiger charge is -2.29. The fraction of sp³-hybridized carbons (Fsp3) is 0.550. The van der Waals surface area contributed by atoms with Crippen LogP contribution in [0.4, 0.5) is 0 Å². The van der Waals surface area contributed by atoms with E-state index in [1.807, 2.05) is 56.3 Å². The Labute approximate surface area is 160 Å². The van der Waals surface area contributed by atoms with Crippen molar-refractivity contribution in [3.05, 3.63) is 35.9 Å². The number of ether oxygens (including phenoxy) is 1. The van der Waals surface area contributed by atoms with Gasteiger partial charge in [-0.25, -0.2) is 0 Å². The molecule has 0 aromatic heterocycles. The summed E-state index contributed by atoms with van der Waals surface area (Å²) < 4.78 is 5.54. The molecule has 1 aromatic carbocycles. The van der Waals surface area contributed by atoms with Crippen LogP contribution in [0.1, 0.15) is 31.7 Å². The molecule has 1 aromatic rings. The number of nitrogens with two attached hydrogens (primary N) is 1. The smallest absolute Gasteiger partial charge is 0.221 e. The summed E-state index contributed by atoms with van der Waals surface area (Å²) >= 11 is 0. The molecule has 1 saturated heterocycles. The normalized spacial score (nSPS) is 21.9. The Kier molecular flexibility index (Phi) is 7.10. The van der Waals surface area contributed by atoms with Crippen molar-refractivity contribution in [2.24, 2.45) is 5.73 Å². The van der Waals surface area contributed by atoms with Crippen LogP contribution in [0, 0.1) is 0 Å². The van der Waals surface area contributed by atoms with Gasteiger partial charge in [-0.2, -0.15) is 0 Å². The number of benzene rings is 1. The van der Waals surface area contributed by atoms with E-state index < -0.39 is 17.4 Å². The molecule has 0 aliphatic carbocycles. The topological polar surface area (TPSA) is 102 Å². The average Bonchev–Trinajstić information content (AvgIpc) is 2.93. The lowest BCUT2D eigenvalue weighted by Crippen LogP contribution is -2.47. The van der Waals surface area contributed by atoms with Gasteiger partial charge in [-0.1, -0.05) is 37.3 Å². The summed E-state index contributed by atoms with van der Waals surface area (Å²) in [4.78, 5) is 38.5. The average molecular weight is 375 g/mol. The van der Waals surface area contributed by atoms with Crippen molar-refractivity contribution in [2.75, 3.05) is 27.2 Å². The lowest BCUT2D eigenvalue weighted by molar-refractivity contribution is -0.127. The van der Waals surface area contributed by atoms with Crippen molar-refractivity contribution in [2.45, 2.75) is 43.7 Å². The molecule has 27 heavy (non-hydrogen) atoms. The van der Waals surface area contributed by atoms with Gasteiger partial charge in [0.2, 0.25) is 11.8 Å². The first-order valence-corrected chi connectivity index (χ1v) is 9.13. The Morgan fingerprint density at radius 3 is 2.52 bits per heavy atom. The third-order valence-corrected chi connectivity index (χ3v) is 4.92. The van der Waals surface area contributed by atoms with Crippen LogP contribution in [0.2, 0.25) is 0 Å². The SMILES string of the molecule is CN(C)CCC1OCC(=O)C1NC(=O)CC(C)(CC(N)=O)c1ccccc1. The lowest BCUT2D eigenvalue weighted by atomic mass is 9.76. The number of amides is 2. The van der Waals surface area contributed by atoms with Gasteiger partial charge in [-0.05, 0) is 26.1 Å². The third kappa shape index (κ3) is 5.87. The molecule has 2 amide bonds. The number of hydrogen-bond donors (Lipinski definition) is 2. The fourth-order valence-electron chi connectivity index (χ4n) is 3.46. The second kappa shape index (κ2) is 9.10. The molecule has 1 aliphatic heterocycles. The number of primary amides is 1. The molecule has 0 bridgehead atoms. The van der Waals surface area contributed by atoms with Crippen LogP contribution >= 0.6 is 0 Å². The molecule has 3 N–H and O–H groups in total. The molecule has 1 fully saturated rings. The van der Waals surface area contributed by atoms with Crippen LogP contribution in [0.15, 0.2) is 30.3 Å². The van der Waals surface area contributed by atoms with E-state index in [-0.39, 0.29) is 37.2 Å². The van der Waals surface area contributed by atoms with Gasteiger partial charge in [-0.3, -0.25) is 14.4 Å². The minimum atomic E-state index is -0.737. The zero-order chi connectivity index (χ0) is 20.0. The van der Waals surface area contributed by atoms with E-state index >= 15 is 0 Å². The third-order valence-electron chi connectivity index (χ3n) is 4.92. The molecule has 3 atom stereocenters. The summed E-state index contributed by atoms with van der Waals surface area (Å²) in [7, 11) is 3.89. The number of carbonyl (C=O) groups excluding carboxylic acids is 3. The molecular formula is C20H29N3O4. The molecule has 0 spiro atoms. The van der Waals surface area contributed by atoms with E-state index in [4.69, 9.17) is 10.5 Å². The maximum absolute atomic E-state index is 12.7. The Hall–Kier alpha value is -2.25. The Balaban J connectivity index is 2.08. The van der Waals surface area contributed by atoms with Gasteiger partial charge in [0.25, 0.3) is 0 Å². The van der Waals surface area contributed by atoms with Crippen LogP contribution in [-0.2, 0) is 24.5 Å². The summed E-state index contributed by atoms with van der Waals surface area (Å²) in [6.45, 7) is 2.61. The highest BCUT2D eigenvalue weighted by Gasteiger charge is 2.38. The molecule has 7 heteroatoms. The summed E-state index contributed by atoms with van der Waals surface area (Å²) in [6.07, 6.45) is 0.428. The standard InChI is InChI=1S/C20H29N3O4/c1-20(11-17(21)25,14-7-5-4-6-8-14)12-18(26)22-19-15(24)13-27-16(19)9-10-23(2)3/h4-8,16,19H,9-13H2,1-3H3,(H2,21,25)(H,22,26). The summed E-state index contributed by atoms with van der Waals surface area (Å²) in [5.74, 6) is -0.886. The second-order valence-corrected chi connectivity index (χ2v) is 7.70. The first kappa shape index (κ1) is 21.1. The first-order chi connectivity index (χ1) is 12.7. The first-order valence-electron chi connectivity index (χ1n) is 9.13. The van der Waals surface area contributed by atoms with Crippen molar-refractivity contribution in [1.29, 1.82) is 0 Å². The van der Waals surface area contributed by atoms with Gasteiger partial charge in [0, 0.05) is 24.8 Å². The minimum absolute atomic E-state index is 0.0142. The molecule has 1 aliphatic rings. The maximum atomic E-state index is 12.7. The molecule has 2 rings (SSSR count). The van der Waals surface area contributed by atoms with Crippen LogP contribution in [0.3, 0.4) is 0 Å². The predicted molar refractivity (Wildman–Crippen MR) is 102 cm³/mol. The minimum Gasteiger partial charge on any atom is -0.370 e. The largest absolute Gasteiger partial charge is 0.370 e. The van der Waals surface area contributed by atoms with Gasteiger partial charge >= 0.3 is 0 Å². The Morgan fingerprint density at radius 2 is 1.93 bits per heavy atom. The highest BCUT2D eigenvalue weighted by atomic mass is 16.5. The molecule has 3 unspecified atom stereocenters. The monoisotopic (exact) mass is 375 g/mol. The van der Waals surface area contributed by atoms with E-state index in [0.29, 0.717) is 6.42 Å². The van der Waals surface area contributed by atoms with Gasteiger partial charge in [0.05, 0.1) is 6.10 Å². The quantitative estimate of drug-likeness (QED) is 0.659. The predicted octanol–water partition coefficient (Wildman–Crippen LogP) is 0.614. The van der Waals surface area contributed by atoms with Crippen molar-refractivity contribution < 1.29 is 19.1 Å². The van der Waals surface area contributed by atoms with Crippen LogP contribution in [0.25, 0.3) is 0 Å². The van der Waals surface area contributed by atoms with Crippen molar-refractivity contribution in [3.8, 4) is 0 Å². The number of Topliss-reactive ketones (excluding diaryl/α,β-unsaturated/α-hetero) is 1. The van der Waals surface area contributed by atoms with Gasteiger partial charge < -0.3 is 20.7 Å². The molecule has 7 nitrogen and oxygen atoms in total. The van der Waals surface area contributed by atoms with E-state index in [1.54, 1.807) is 0 Å². The van der Waals surface area contributed by atoms with E-state index in [9.17, 15) is 14.4 Å². The zero-order valence-electron chi connectivity index (χ0n) is 16.2. The van der Waals surface area contributed by atoms with Crippen LogP contribution in [-0.4, -0.2) is 61.9 Å². The molecule has 0 radical (unpaired) electrons. The summed E-state index contributed by atoms with van der Waals surface area (Å²) in [5, 5.41) is 2.82. The Bertz CT molecular complexity index is 677. The van der Waals surface area contributed by atoms with E-state index in [2.05, 4.69) is 5.32 Å². The summed E-state index contributed by atoms with van der Waals surface area (Å²) in [5.41, 5.74) is 5.54. The van der Waals surface area contributed by atoms with Crippen molar-refractivity contribution >= 4 is 17.6 Å². The highest BCUT2D eigenvalue weighted by Crippen LogP contribution is 2.31. The van der Waals surface area contributed by atoms with Gasteiger partial charge in [-0.15, -0.1) is 0 Å². The molecule has 0 saturated carbocycles. The fourth-order valence-corrected chi connectivity index (χ4v) is 3.46. The number of ketones is 1. The van der Waals surface area contributed by atoms with Crippen LogP contribution < -0.4 is 11.1 Å². The van der Waals surface area contributed by atoms with Gasteiger partial charge in [0.15, 0.2) is 5.78 Å². The number of carbonyl (C=O) groups is 3. The Morgan fingerprint density at radius 1 is 1.26 bits per heavy atom.